The van der Waals surface area contributed by atoms with Crippen LogP contribution in [0, 0.1) is 29.6 Å². The SMILES string of the molecule is CNC(=O)[C@@H]1C[C@@H](F)CN1C(=O)C1CC2CCCC(C3CCCC4C(=O)NCC43)C2O1. The Bertz CT molecular complexity index is 748. The van der Waals surface area contributed by atoms with Gasteiger partial charge in [-0.1, -0.05) is 12.8 Å². The average molecular weight is 436 g/mol. The third kappa shape index (κ3) is 3.64. The van der Waals surface area contributed by atoms with Gasteiger partial charge in [0.05, 0.1) is 12.6 Å². The second-order valence-electron chi connectivity index (χ2n) is 10.2. The number of alkyl halides is 1. The summed E-state index contributed by atoms with van der Waals surface area (Å²) in [5.41, 5.74) is 0. The van der Waals surface area contributed by atoms with E-state index in [1.165, 1.54) is 11.9 Å². The number of likely N-dealkylation sites (tertiary alicyclic amines) is 1. The van der Waals surface area contributed by atoms with Gasteiger partial charge in [0.2, 0.25) is 11.8 Å². The lowest BCUT2D eigenvalue weighted by Crippen LogP contribution is -2.48. The largest absolute Gasteiger partial charge is 0.365 e. The Labute approximate surface area is 182 Å². The molecular weight excluding hydrogens is 401 g/mol. The standard InChI is InChI=1S/C23H34FN3O4/c1-25-22(29)18-9-13(24)11-27(18)23(30)19-8-12-4-2-6-15(20(12)31-19)14-5-3-7-16-17(14)10-26-21(16)28/h12-20H,2-11H2,1H3,(H,25,29)(H,26,28)/t12?,13-,14?,15?,16?,17?,18+,19?,20?/m1/s1. The molecule has 3 heterocycles. The molecule has 8 heteroatoms. The van der Waals surface area contributed by atoms with Gasteiger partial charge in [-0.15, -0.1) is 0 Å². The number of likely N-dealkylation sites (N-methyl/N-ethyl adjacent to an activating group) is 1. The van der Waals surface area contributed by atoms with Crippen molar-refractivity contribution in [2.45, 2.75) is 75.8 Å². The van der Waals surface area contributed by atoms with Crippen molar-refractivity contribution in [3.8, 4) is 0 Å². The minimum atomic E-state index is -1.17. The molecule has 3 aliphatic heterocycles. The van der Waals surface area contributed by atoms with Crippen LogP contribution in [0.15, 0.2) is 0 Å². The Morgan fingerprint density at radius 1 is 1.10 bits per heavy atom. The van der Waals surface area contributed by atoms with Gasteiger partial charge in [-0.05, 0) is 55.8 Å². The topological polar surface area (TPSA) is 87.7 Å². The molecule has 5 fully saturated rings. The van der Waals surface area contributed by atoms with Gasteiger partial charge in [0.15, 0.2) is 0 Å². The number of amides is 3. The van der Waals surface area contributed by atoms with Crippen LogP contribution in [0.3, 0.4) is 0 Å². The Balaban J connectivity index is 1.30. The summed E-state index contributed by atoms with van der Waals surface area (Å²) in [6, 6.07) is -0.746. The molecule has 5 aliphatic rings. The zero-order chi connectivity index (χ0) is 21.7. The summed E-state index contributed by atoms with van der Waals surface area (Å²) in [6.45, 7) is 0.736. The zero-order valence-electron chi connectivity index (χ0n) is 18.2. The number of hydrogen-bond acceptors (Lipinski definition) is 4. The molecule has 31 heavy (non-hydrogen) atoms. The van der Waals surface area contributed by atoms with Gasteiger partial charge in [-0.3, -0.25) is 14.4 Å². The maximum atomic E-state index is 14.1. The minimum absolute atomic E-state index is 0.0318. The van der Waals surface area contributed by atoms with Gasteiger partial charge < -0.3 is 20.3 Å². The summed E-state index contributed by atoms with van der Waals surface area (Å²) in [5, 5.41) is 5.62. The fourth-order valence-electron chi connectivity index (χ4n) is 7.32. The maximum absolute atomic E-state index is 14.1. The van der Waals surface area contributed by atoms with E-state index in [4.69, 9.17) is 4.74 Å². The minimum Gasteiger partial charge on any atom is -0.365 e. The van der Waals surface area contributed by atoms with E-state index < -0.39 is 18.3 Å². The van der Waals surface area contributed by atoms with Crippen LogP contribution in [0.1, 0.15) is 51.4 Å². The van der Waals surface area contributed by atoms with Crippen LogP contribution >= 0.6 is 0 Å². The molecule has 0 aromatic carbocycles. The van der Waals surface area contributed by atoms with Crippen molar-refractivity contribution in [3.05, 3.63) is 0 Å². The first-order chi connectivity index (χ1) is 15.0. The second kappa shape index (κ2) is 8.34. The molecule has 3 amide bonds. The quantitative estimate of drug-likeness (QED) is 0.702. The van der Waals surface area contributed by atoms with Crippen LogP contribution < -0.4 is 10.6 Å². The van der Waals surface area contributed by atoms with Crippen molar-refractivity contribution in [1.29, 1.82) is 0 Å². The average Bonchev–Trinajstić information content (AvgIpc) is 3.49. The Hall–Kier alpha value is -1.70. The van der Waals surface area contributed by atoms with E-state index in [2.05, 4.69) is 10.6 Å². The lowest BCUT2D eigenvalue weighted by atomic mass is 9.62. The second-order valence-corrected chi connectivity index (χ2v) is 10.2. The fraction of sp³-hybridized carbons (Fsp3) is 0.870. The number of carbonyl (C=O) groups is 3. The van der Waals surface area contributed by atoms with Gasteiger partial charge in [0.25, 0.3) is 5.91 Å². The van der Waals surface area contributed by atoms with Gasteiger partial charge in [0.1, 0.15) is 18.3 Å². The van der Waals surface area contributed by atoms with E-state index >= 15 is 0 Å². The van der Waals surface area contributed by atoms with Gasteiger partial charge >= 0.3 is 0 Å². The van der Waals surface area contributed by atoms with Gasteiger partial charge in [-0.25, -0.2) is 4.39 Å². The molecule has 0 bridgehead atoms. The monoisotopic (exact) mass is 435 g/mol. The molecular formula is C23H34FN3O4. The maximum Gasteiger partial charge on any atom is 0.252 e. The summed E-state index contributed by atoms with van der Waals surface area (Å²) < 4.78 is 20.5. The third-order valence-electron chi connectivity index (χ3n) is 8.71. The first-order valence-electron chi connectivity index (χ1n) is 12.1. The molecule has 172 valence electrons. The molecule has 0 aromatic rings. The molecule has 2 saturated carbocycles. The van der Waals surface area contributed by atoms with Crippen molar-refractivity contribution in [2.24, 2.45) is 29.6 Å². The molecule has 7 nitrogen and oxygen atoms in total. The van der Waals surface area contributed by atoms with Crippen molar-refractivity contribution in [3.63, 3.8) is 0 Å². The highest BCUT2D eigenvalue weighted by Gasteiger charge is 2.53. The van der Waals surface area contributed by atoms with Crippen LogP contribution in [0.25, 0.3) is 0 Å². The first-order valence-corrected chi connectivity index (χ1v) is 12.1. The number of fused-ring (bicyclic) bond motifs is 2. The van der Waals surface area contributed by atoms with E-state index in [1.54, 1.807) is 0 Å². The molecule has 9 atom stereocenters. The van der Waals surface area contributed by atoms with E-state index in [0.29, 0.717) is 30.1 Å². The molecule has 2 N–H and O–H groups in total. The van der Waals surface area contributed by atoms with Crippen LogP contribution in [-0.2, 0) is 19.1 Å². The summed E-state index contributed by atoms with van der Waals surface area (Å²) in [4.78, 5) is 39.1. The van der Waals surface area contributed by atoms with E-state index in [9.17, 15) is 18.8 Å². The van der Waals surface area contributed by atoms with Crippen molar-refractivity contribution in [2.75, 3.05) is 20.1 Å². The number of nitrogens with zero attached hydrogens (tertiary/aromatic N) is 1. The summed E-state index contributed by atoms with van der Waals surface area (Å²) in [5.74, 6) is 1.34. The highest BCUT2D eigenvalue weighted by atomic mass is 19.1. The van der Waals surface area contributed by atoms with Crippen LogP contribution in [0.4, 0.5) is 4.39 Å². The number of hydrogen-bond donors (Lipinski definition) is 2. The molecule has 0 spiro atoms. The molecule has 0 radical (unpaired) electrons. The van der Waals surface area contributed by atoms with Crippen molar-refractivity contribution < 1.29 is 23.5 Å². The fourth-order valence-corrected chi connectivity index (χ4v) is 7.32. The lowest BCUT2D eigenvalue weighted by molar-refractivity contribution is -0.150. The predicted octanol–water partition coefficient (Wildman–Crippen LogP) is 1.41. The lowest BCUT2D eigenvalue weighted by Gasteiger charge is -2.43. The Morgan fingerprint density at radius 2 is 1.87 bits per heavy atom. The van der Waals surface area contributed by atoms with E-state index in [-0.39, 0.29) is 42.7 Å². The van der Waals surface area contributed by atoms with Crippen molar-refractivity contribution >= 4 is 17.7 Å². The molecule has 7 unspecified atom stereocenters. The number of halogens is 1. The van der Waals surface area contributed by atoms with E-state index in [1.807, 2.05) is 0 Å². The number of nitrogens with one attached hydrogen (secondary N) is 2. The van der Waals surface area contributed by atoms with E-state index in [0.717, 1.165) is 45.1 Å². The molecule has 5 rings (SSSR count). The highest BCUT2D eigenvalue weighted by Crippen LogP contribution is 2.50. The van der Waals surface area contributed by atoms with Crippen LogP contribution in [-0.4, -0.2) is 67.2 Å². The Morgan fingerprint density at radius 3 is 2.68 bits per heavy atom. The summed E-state index contributed by atoms with van der Waals surface area (Å²) in [7, 11) is 1.52. The summed E-state index contributed by atoms with van der Waals surface area (Å²) in [6.07, 6.45) is 5.43. The predicted molar refractivity (Wildman–Crippen MR) is 111 cm³/mol. The highest BCUT2D eigenvalue weighted by molar-refractivity contribution is 5.90. The summed E-state index contributed by atoms with van der Waals surface area (Å²) >= 11 is 0. The van der Waals surface area contributed by atoms with Crippen LogP contribution in [0.5, 0.6) is 0 Å². The number of carbonyl (C=O) groups excluding carboxylic acids is 3. The number of ether oxygens (including phenoxy) is 1. The van der Waals surface area contributed by atoms with Crippen LogP contribution in [0.2, 0.25) is 0 Å². The molecule has 3 saturated heterocycles. The normalized spacial score (nSPS) is 44.5. The Kier molecular flexibility index (Phi) is 5.69. The number of rotatable bonds is 3. The molecule has 0 aromatic heterocycles. The smallest absolute Gasteiger partial charge is 0.252 e. The third-order valence-corrected chi connectivity index (χ3v) is 8.71. The van der Waals surface area contributed by atoms with Gasteiger partial charge in [0, 0.05) is 25.9 Å². The zero-order valence-corrected chi connectivity index (χ0v) is 18.2. The first kappa shape index (κ1) is 21.2. The van der Waals surface area contributed by atoms with Gasteiger partial charge in [-0.2, -0.15) is 0 Å². The van der Waals surface area contributed by atoms with Crippen molar-refractivity contribution in [1.82, 2.24) is 15.5 Å². The molecule has 2 aliphatic carbocycles.